The average Bonchev–Trinajstić information content (AvgIpc) is 2.78. The molecule has 3 rings (SSSR count). The van der Waals surface area contributed by atoms with E-state index < -0.39 is 33.1 Å². The summed E-state index contributed by atoms with van der Waals surface area (Å²) in [5, 5.41) is 13.6. The zero-order valence-corrected chi connectivity index (χ0v) is 18.3. The van der Waals surface area contributed by atoms with Crippen molar-refractivity contribution in [2.75, 3.05) is 23.3 Å². The molecule has 0 radical (unpaired) electrons. The molecule has 0 fully saturated rings. The highest BCUT2D eigenvalue weighted by atomic mass is 35.5. The number of carbonyl (C=O) groups is 1. The van der Waals surface area contributed by atoms with Crippen LogP contribution in [0.15, 0.2) is 77.7 Å². The van der Waals surface area contributed by atoms with Gasteiger partial charge in [-0.05, 0) is 48.5 Å². The fraction of sp³-hybridized carbons (Fsp3) is 0.0952. The van der Waals surface area contributed by atoms with Crippen LogP contribution in [0.4, 0.5) is 17.1 Å². The third-order valence-corrected chi connectivity index (χ3v) is 6.50. The predicted molar refractivity (Wildman–Crippen MR) is 121 cm³/mol. The Morgan fingerprint density at radius 2 is 1.75 bits per heavy atom. The number of rotatable bonds is 8. The van der Waals surface area contributed by atoms with Crippen molar-refractivity contribution in [3.8, 4) is 5.75 Å². The number of nitrogens with one attached hydrogen (secondary N) is 1. The standard InChI is InChI=1S/C21H18ClN3O6S/c1-31-17-9-7-15(8-10-17)23-21(26)14-24(16-5-3-2-4-6-16)32(29,30)18-11-12-19(22)20(13-18)25(27)28/h2-13H,14H2,1H3,(H,23,26). The number of ether oxygens (including phenoxy) is 1. The highest BCUT2D eigenvalue weighted by Crippen LogP contribution is 2.30. The number of methoxy groups -OCH3 is 1. The van der Waals surface area contributed by atoms with Gasteiger partial charge in [0.05, 0.1) is 22.6 Å². The van der Waals surface area contributed by atoms with Gasteiger partial charge >= 0.3 is 0 Å². The Kier molecular flexibility index (Phi) is 6.96. The average molecular weight is 476 g/mol. The Bertz CT molecular complexity index is 1230. The van der Waals surface area contributed by atoms with Crippen LogP contribution in [0.25, 0.3) is 0 Å². The quantitative estimate of drug-likeness (QED) is 0.387. The Hall–Kier alpha value is -3.63. The van der Waals surface area contributed by atoms with Gasteiger partial charge in [-0.15, -0.1) is 0 Å². The lowest BCUT2D eigenvalue weighted by molar-refractivity contribution is -0.384. The number of para-hydroxylation sites is 1. The lowest BCUT2D eigenvalue weighted by Gasteiger charge is -2.24. The molecule has 9 nitrogen and oxygen atoms in total. The van der Waals surface area contributed by atoms with Gasteiger partial charge in [0.1, 0.15) is 17.3 Å². The highest BCUT2D eigenvalue weighted by Gasteiger charge is 2.29. The van der Waals surface area contributed by atoms with Crippen LogP contribution in [-0.4, -0.2) is 32.9 Å². The molecule has 11 heteroatoms. The summed E-state index contributed by atoms with van der Waals surface area (Å²) in [6.07, 6.45) is 0. The van der Waals surface area contributed by atoms with Crippen LogP contribution in [0.2, 0.25) is 5.02 Å². The number of nitro benzene ring substituents is 1. The number of nitro groups is 1. The van der Waals surface area contributed by atoms with Gasteiger partial charge in [-0.2, -0.15) is 0 Å². The first-order valence-corrected chi connectivity index (χ1v) is 11.0. The van der Waals surface area contributed by atoms with Gasteiger partial charge in [-0.1, -0.05) is 29.8 Å². The van der Waals surface area contributed by atoms with Gasteiger partial charge in [0.2, 0.25) is 5.91 Å². The molecule has 0 unspecified atom stereocenters. The van der Waals surface area contributed by atoms with E-state index in [-0.39, 0.29) is 15.6 Å². The second-order valence-electron chi connectivity index (χ2n) is 6.49. The topological polar surface area (TPSA) is 119 Å². The van der Waals surface area contributed by atoms with E-state index in [1.807, 2.05) is 0 Å². The maximum atomic E-state index is 13.4. The molecule has 0 aliphatic heterocycles. The fourth-order valence-electron chi connectivity index (χ4n) is 2.83. The van der Waals surface area contributed by atoms with Crippen molar-refractivity contribution in [2.45, 2.75) is 4.90 Å². The second kappa shape index (κ2) is 9.67. The summed E-state index contributed by atoms with van der Waals surface area (Å²) in [7, 11) is -2.82. The number of hydrogen-bond donors (Lipinski definition) is 1. The van der Waals surface area contributed by atoms with E-state index in [9.17, 15) is 23.3 Å². The van der Waals surface area contributed by atoms with Gasteiger partial charge in [0.25, 0.3) is 15.7 Å². The number of sulfonamides is 1. The van der Waals surface area contributed by atoms with Gasteiger partial charge in [0, 0.05) is 11.8 Å². The summed E-state index contributed by atoms with van der Waals surface area (Å²) in [6.45, 7) is -0.561. The smallest absolute Gasteiger partial charge is 0.289 e. The molecule has 32 heavy (non-hydrogen) atoms. The van der Waals surface area contributed by atoms with Crippen LogP contribution in [0.1, 0.15) is 0 Å². The largest absolute Gasteiger partial charge is 0.497 e. The number of halogens is 1. The minimum absolute atomic E-state index is 0.197. The van der Waals surface area contributed by atoms with Crippen molar-refractivity contribution in [3.05, 3.63) is 87.9 Å². The summed E-state index contributed by atoms with van der Waals surface area (Å²) in [6, 6.07) is 17.6. The highest BCUT2D eigenvalue weighted by molar-refractivity contribution is 7.92. The fourth-order valence-corrected chi connectivity index (χ4v) is 4.46. The first-order chi connectivity index (χ1) is 15.2. The van der Waals surface area contributed by atoms with E-state index in [0.29, 0.717) is 11.4 Å². The summed E-state index contributed by atoms with van der Waals surface area (Å²) in [4.78, 5) is 22.7. The Morgan fingerprint density at radius 3 is 2.34 bits per heavy atom. The summed E-state index contributed by atoms with van der Waals surface area (Å²) in [5.74, 6) is -0.00752. The van der Waals surface area contributed by atoms with E-state index >= 15 is 0 Å². The molecule has 0 aliphatic carbocycles. The van der Waals surface area contributed by atoms with E-state index in [1.54, 1.807) is 42.5 Å². The summed E-state index contributed by atoms with van der Waals surface area (Å²) < 4.78 is 32.6. The van der Waals surface area contributed by atoms with Crippen molar-refractivity contribution in [3.63, 3.8) is 0 Å². The zero-order chi connectivity index (χ0) is 23.3. The van der Waals surface area contributed by atoms with Crippen LogP contribution < -0.4 is 14.4 Å². The molecule has 166 valence electrons. The molecule has 0 heterocycles. The minimum Gasteiger partial charge on any atom is -0.497 e. The van der Waals surface area contributed by atoms with Crippen molar-refractivity contribution >= 4 is 44.6 Å². The van der Waals surface area contributed by atoms with Crippen LogP contribution in [0, 0.1) is 10.1 Å². The molecular weight excluding hydrogens is 458 g/mol. The Labute approximate surface area is 189 Å². The van der Waals surface area contributed by atoms with Crippen LogP contribution in [0.5, 0.6) is 5.75 Å². The molecule has 0 spiro atoms. The Morgan fingerprint density at radius 1 is 1.09 bits per heavy atom. The SMILES string of the molecule is COc1ccc(NC(=O)CN(c2ccccc2)S(=O)(=O)c2ccc(Cl)c([N+](=O)[O-])c2)cc1. The van der Waals surface area contributed by atoms with Crippen molar-refractivity contribution < 1.29 is 22.9 Å². The summed E-state index contributed by atoms with van der Waals surface area (Å²) >= 11 is 5.81. The Balaban J connectivity index is 1.94. The second-order valence-corrected chi connectivity index (χ2v) is 8.76. The lowest BCUT2D eigenvalue weighted by atomic mass is 10.3. The number of nitrogens with zero attached hydrogens (tertiary/aromatic N) is 2. The van der Waals surface area contributed by atoms with Gasteiger partial charge in [-0.3, -0.25) is 19.2 Å². The molecule has 1 N–H and O–H groups in total. The number of carbonyl (C=O) groups excluding carboxylic acids is 1. The molecule has 0 saturated carbocycles. The van der Waals surface area contributed by atoms with Gasteiger partial charge in [0.15, 0.2) is 0 Å². The zero-order valence-electron chi connectivity index (χ0n) is 16.8. The minimum atomic E-state index is -4.34. The van der Waals surface area contributed by atoms with Crippen molar-refractivity contribution in [2.24, 2.45) is 0 Å². The third-order valence-electron chi connectivity index (χ3n) is 4.41. The van der Waals surface area contributed by atoms with Crippen LogP contribution in [-0.2, 0) is 14.8 Å². The molecular formula is C21H18ClN3O6S. The first kappa shape index (κ1) is 23.0. The van der Waals surface area contributed by atoms with Gasteiger partial charge in [-0.25, -0.2) is 8.42 Å². The van der Waals surface area contributed by atoms with E-state index in [0.717, 1.165) is 22.5 Å². The lowest BCUT2D eigenvalue weighted by Crippen LogP contribution is -2.38. The molecule has 0 atom stereocenters. The van der Waals surface area contributed by atoms with Crippen molar-refractivity contribution in [1.29, 1.82) is 0 Å². The molecule has 0 bridgehead atoms. The maximum absolute atomic E-state index is 13.4. The van der Waals surface area contributed by atoms with Crippen molar-refractivity contribution in [1.82, 2.24) is 0 Å². The van der Waals surface area contributed by atoms with E-state index in [2.05, 4.69) is 5.32 Å². The number of benzene rings is 3. The number of anilines is 2. The third kappa shape index (κ3) is 5.16. The molecule has 0 saturated heterocycles. The summed E-state index contributed by atoms with van der Waals surface area (Å²) in [5.41, 5.74) is 0.113. The predicted octanol–water partition coefficient (Wildman–Crippen LogP) is 4.09. The molecule has 0 aliphatic rings. The molecule has 3 aromatic carbocycles. The molecule has 1 amide bonds. The van der Waals surface area contributed by atoms with Crippen LogP contribution in [0.3, 0.4) is 0 Å². The normalized spacial score (nSPS) is 10.9. The maximum Gasteiger partial charge on any atom is 0.289 e. The number of amides is 1. The number of hydrogen-bond acceptors (Lipinski definition) is 6. The molecule has 0 aromatic heterocycles. The van der Waals surface area contributed by atoms with E-state index in [1.165, 1.54) is 19.2 Å². The molecule has 3 aromatic rings. The first-order valence-electron chi connectivity index (χ1n) is 9.18. The van der Waals surface area contributed by atoms with E-state index in [4.69, 9.17) is 16.3 Å². The monoisotopic (exact) mass is 475 g/mol. The van der Waals surface area contributed by atoms with Crippen LogP contribution >= 0.6 is 11.6 Å². The van der Waals surface area contributed by atoms with Gasteiger partial charge < -0.3 is 10.1 Å².